The van der Waals surface area contributed by atoms with Crippen molar-refractivity contribution in [3.63, 3.8) is 0 Å². The van der Waals surface area contributed by atoms with E-state index in [2.05, 4.69) is 30.2 Å². The molecule has 0 atom stereocenters. The molecule has 0 spiro atoms. The summed E-state index contributed by atoms with van der Waals surface area (Å²) in [6.07, 6.45) is 3.74. The maximum Gasteiger partial charge on any atom is 0.418 e. The molecule has 0 aliphatic heterocycles. The number of methoxy groups -OCH3 is 1. The highest BCUT2D eigenvalue weighted by molar-refractivity contribution is 7.87. The number of pyridine rings is 3. The molecule has 0 radical (unpaired) electrons. The van der Waals surface area contributed by atoms with Gasteiger partial charge in [-0.05, 0) is 55.9 Å². The van der Waals surface area contributed by atoms with E-state index in [1.165, 1.54) is 32.6 Å². The van der Waals surface area contributed by atoms with Gasteiger partial charge < -0.3 is 14.6 Å². The smallest absolute Gasteiger partial charge is 0.384 e. The molecular formula is C35H42F3N9O5S. The Bertz CT molecular complexity index is 2100. The number of aryl methyl sites for hydroxylation is 1. The Morgan fingerprint density at radius 2 is 1.79 bits per heavy atom. The van der Waals surface area contributed by atoms with Gasteiger partial charge in [-0.25, -0.2) is 9.71 Å². The molecule has 0 saturated heterocycles. The number of fused-ring (bicyclic) bond motifs is 1. The summed E-state index contributed by atoms with van der Waals surface area (Å²) in [5.41, 5.74) is 1.56. The van der Waals surface area contributed by atoms with Gasteiger partial charge in [0.15, 0.2) is 5.65 Å². The van der Waals surface area contributed by atoms with Crippen molar-refractivity contribution in [2.24, 2.45) is 5.41 Å². The molecule has 2 fully saturated rings. The largest absolute Gasteiger partial charge is 0.418 e. The van der Waals surface area contributed by atoms with Gasteiger partial charge in [0, 0.05) is 70.5 Å². The van der Waals surface area contributed by atoms with Gasteiger partial charge in [-0.1, -0.05) is 18.9 Å². The maximum absolute atomic E-state index is 14.2. The second-order valence-corrected chi connectivity index (χ2v) is 15.9. The van der Waals surface area contributed by atoms with Crippen LogP contribution in [0.1, 0.15) is 78.2 Å². The lowest BCUT2D eigenvalue weighted by molar-refractivity contribution is -0.138. The zero-order valence-corrected chi connectivity index (χ0v) is 30.7. The average Bonchev–Trinajstić information content (AvgIpc) is 3.72. The number of carbonyl (C=O) groups is 2. The SMILES string of the molecule is COCC1(CN(C)c2cc(-c3cnc(C4CC4)c(C(F)(F)F)c3)nc3nc(NC(=O)c4ccc(CCC(=O)NS(=O)(=O)N(C)C)cn4)[nH]c23)CCCC1. The molecule has 0 bridgehead atoms. The zero-order chi connectivity index (χ0) is 38.1. The number of halogens is 3. The van der Waals surface area contributed by atoms with E-state index in [4.69, 9.17) is 4.74 Å². The first-order valence-electron chi connectivity index (χ1n) is 17.3. The van der Waals surface area contributed by atoms with E-state index in [0.717, 1.165) is 36.1 Å². The highest BCUT2D eigenvalue weighted by Crippen LogP contribution is 2.46. The van der Waals surface area contributed by atoms with Gasteiger partial charge in [0.1, 0.15) is 11.2 Å². The first-order valence-corrected chi connectivity index (χ1v) is 18.7. The molecule has 2 amide bonds. The lowest BCUT2D eigenvalue weighted by atomic mass is 9.86. The van der Waals surface area contributed by atoms with E-state index in [1.807, 2.05) is 16.7 Å². The van der Waals surface area contributed by atoms with E-state index < -0.39 is 33.8 Å². The minimum Gasteiger partial charge on any atom is -0.384 e. The second kappa shape index (κ2) is 15.0. The normalized spacial score (nSPS) is 15.9. The third kappa shape index (κ3) is 8.76. The fraction of sp³-hybridized carbons (Fsp3) is 0.486. The fourth-order valence-electron chi connectivity index (χ4n) is 6.79. The quantitative estimate of drug-likeness (QED) is 0.158. The highest BCUT2D eigenvalue weighted by Gasteiger charge is 2.40. The average molecular weight is 758 g/mol. The van der Waals surface area contributed by atoms with Gasteiger partial charge in [0.25, 0.3) is 5.91 Å². The number of ether oxygens (including phenoxy) is 1. The minimum atomic E-state index is -4.58. The third-order valence-electron chi connectivity index (χ3n) is 9.68. The predicted octanol–water partition coefficient (Wildman–Crippen LogP) is 5.06. The Hall–Kier alpha value is -4.68. The van der Waals surface area contributed by atoms with Crippen molar-refractivity contribution >= 4 is 44.8 Å². The van der Waals surface area contributed by atoms with Crippen molar-refractivity contribution in [1.29, 1.82) is 0 Å². The van der Waals surface area contributed by atoms with Crippen LogP contribution in [0.5, 0.6) is 0 Å². The molecule has 14 nitrogen and oxygen atoms in total. The van der Waals surface area contributed by atoms with Gasteiger partial charge in [0.05, 0.1) is 29.2 Å². The van der Waals surface area contributed by atoms with Crippen LogP contribution in [0, 0.1) is 5.41 Å². The fourth-order valence-corrected chi connectivity index (χ4v) is 7.37. The lowest BCUT2D eigenvalue weighted by Crippen LogP contribution is -2.39. The number of rotatable bonds is 14. The summed E-state index contributed by atoms with van der Waals surface area (Å²) in [6.45, 7) is 1.16. The minimum absolute atomic E-state index is 0.0454. The molecule has 3 N–H and O–H groups in total. The van der Waals surface area contributed by atoms with Crippen LogP contribution in [0.25, 0.3) is 22.4 Å². The molecule has 4 aromatic rings. The molecule has 4 aromatic heterocycles. The maximum atomic E-state index is 14.2. The summed E-state index contributed by atoms with van der Waals surface area (Å²) >= 11 is 0. The van der Waals surface area contributed by atoms with E-state index in [0.29, 0.717) is 42.8 Å². The number of anilines is 2. The lowest BCUT2D eigenvalue weighted by Gasteiger charge is -2.34. The summed E-state index contributed by atoms with van der Waals surface area (Å²) < 4.78 is 74.8. The number of aromatic nitrogens is 5. The molecule has 18 heteroatoms. The van der Waals surface area contributed by atoms with E-state index in [1.54, 1.807) is 19.2 Å². The van der Waals surface area contributed by atoms with Gasteiger partial charge in [-0.2, -0.15) is 30.9 Å². The number of hydrogen-bond acceptors (Lipinski definition) is 10. The molecule has 4 heterocycles. The molecule has 2 aliphatic carbocycles. The molecule has 2 saturated carbocycles. The van der Waals surface area contributed by atoms with Crippen LogP contribution in [0.15, 0.2) is 36.7 Å². The molecular weight excluding hydrogens is 716 g/mol. The number of nitrogens with zero attached hydrogens (tertiary/aromatic N) is 6. The summed E-state index contributed by atoms with van der Waals surface area (Å²) in [5.74, 6) is -1.43. The highest BCUT2D eigenvalue weighted by atomic mass is 32.2. The Morgan fingerprint density at radius 1 is 1.06 bits per heavy atom. The number of aromatic amines is 1. The van der Waals surface area contributed by atoms with Crippen LogP contribution < -0.4 is 14.9 Å². The second-order valence-electron chi connectivity index (χ2n) is 14.1. The summed E-state index contributed by atoms with van der Waals surface area (Å²) in [4.78, 5) is 48.1. The topological polar surface area (TPSA) is 175 Å². The Kier molecular flexibility index (Phi) is 10.8. The number of hydrogen-bond donors (Lipinski definition) is 3. The van der Waals surface area contributed by atoms with Crippen molar-refractivity contribution in [2.45, 2.75) is 63.5 Å². The summed E-state index contributed by atoms with van der Waals surface area (Å²) in [6, 6.07) is 5.88. The van der Waals surface area contributed by atoms with Crippen molar-refractivity contribution < 1.29 is 35.9 Å². The van der Waals surface area contributed by atoms with Crippen LogP contribution in [0.2, 0.25) is 0 Å². The van der Waals surface area contributed by atoms with Gasteiger partial charge >= 0.3 is 16.4 Å². The monoisotopic (exact) mass is 757 g/mol. The first kappa shape index (κ1) is 38.1. The van der Waals surface area contributed by atoms with Crippen molar-refractivity contribution in [1.82, 2.24) is 33.9 Å². The number of amides is 2. The van der Waals surface area contributed by atoms with Gasteiger partial charge in [-0.15, -0.1) is 0 Å². The number of nitrogens with one attached hydrogen (secondary N) is 3. The van der Waals surface area contributed by atoms with Crippen LogP contribution in [0.4, 0.5) is 24.8 Å². The van der Waals surface area contributed by atoms with E-state index in [9.17, 15) is 31.2 Å². The van der Waals surface area contributed by atoms with Crippen LogP contribution in [-0.4, -0.2) is 90.9 Å². The first-order chi connectivity index (χ1) is 25.1. The molecule has 2 aliphatic rings. The van der Waals surface area contributed by atoms with Crippen molar-refractivity contribution in [2.75, 3.05) is 51.6 Å². The molecule has 6 rings (SSSR count). The van der Waals surface area contributed by atoms with Crippen molar-refractivity contribution in [3.8, 4) is 11.3 Å². The number of carbonyl (C=O) groups excluding carboxylic acids is 2. The van der Waals surface area contributed by atoms with Gasteiger partial charge in [0.2, 0.25) is 11.9 Å². The standard InChI is InChI=1S/C35H42F3N9O5S/c1-46(2)53(50,51)45-28(48)12-8-21-7-11-25(39-17-21)32(49)44-33-42-30-27(47(3)19-34(20-52-4)13-5-6-14-34)16-26(41-31(30)43-33)23-15-24(35(36,37)38)29(40-18-23)22-9-10-22/h7,11,15-18,22H,5-6,8-10,12-14,19-20H2,1-4H3,(H,45,48)(H2,41,42,43,44,49). The third-order valence-corrected chi connectivity index (χ3v) is 11.1. The summed E-state index contributed by atoms with van der Waals surface area (Å²) in [5, 5.41) is 2.69. The summed E-state index contributed by atoms with van der Waals surface area (Å²) in [7, 11) is 2.28. The Morgan fingerprint density at radius 3 is 2.42 bits per heavy atom. The van der Waals surface area contributed by atoms with Crippen LogP contribution in [0.3, 0.4) is 0 Å². The number of H-pyrrole nitrogens is 1. The van der Waals surface area contributed by atoms with Crippen molar-refractivity contribution in [3.05, 3.63) is 59.2 Å². The molecule has 0 aromatic carbocycles. The molecule has 284 valence electrons. The number of alkyl halides is 3. The van der Waals surface area contributed by atoms with Gasteiger partial charge in [-0.3, -0.25) is 24.9 Å². The van der Waals surface area contributed by atoms with E-state index >= 15 is 0 Å². The van der Waals surface area contributed by atoms with Crippen LogP contribution >= 0.6 is 0 Å². The zero-order valence-electron chi connectivity index (χ0n) is 29.9. The molecule has 0 unspecified atom stereocenters. The Labute approximate surface area is 305 Å². The molecule has 53 heavy (non-hydrogen) atoms. The predicted molar refractivity (Wildman–Crippen MR) is 191 cm³/mol. The van der Waals surface area contributed by atoms with E-state index in [-0.39, 0.29) is 58.4 Å². The van der Waals surface area contributed by atoms with Crippen LogP contribution in [-0.2, 0) is 32.3 Å². The number of imidazole rings is 1. The Balaban J connectivity index is 1.27.